The van der Waals surface area contributed by atoms with Crippen LogP contribution >= 0.6 is 11.6 Å². The second-order valence-corrected chi connectivity index (χ2v) is 8.22. The number of nitrogens with zero attached hydrogens (tertiary/aromatic N) is 2. The van der Waals surface area contributed by atoms with E-state index in [4.69, 9.17) is 16.3 Å². The maximum atomic E-state index is 12.6. The number of amides is 1. The predicted molar refractivity (Wildman–Crippen MR) is 105 cm³/mol. The summed E-state index contributed by atoms with van der Waals surface area (Å²) >= 11 is 5.86. The molecular formula is C18H20ClN3O4S. The van der Waals surface area contributed by atoms with Gasteiger partial charge in [-0.05, 0) is 48.4 Å². The summed E-state index contributed by atoms with van der Waals surface area (Å²) in [7, 11) is -0.977. The van der Waals surface area contributed by atoms with Crippen molar-refractivity contribution in [3.63, 3.8) is 0 Å². The number of likely N-dealkylation sites (N-methyl/N-ethyl adjacent to an activating group) is 1. The lowest BCUT2D eigenvalue weighted by Crippen LogP contribution is -2.36. The molecule has 7 nitrogen and oxygen atoms in total. The van der Waals surface area contributed by atoms with Crippen molar-refractivity contribution in [3.05, 3.63) is 58.6 Å². The van der Waals surface area contributed by atoms with E-state index >= 15 is 0 Å². The lowest BCUT2D eigenvalue weighted by molar-refractivity contribution is -0.121. The first-order chi connectivity index (χ1) is 12.7. The molecule has 0 aliphatic carbocycles. The average Bonchev–Trinajstić information content (AvgIpc) is 2.61. The molecule has 0 spiro atoms. The molecule has 0 atom stereocenters. The highest BCUT2D eigenvalue weighted by Crippen LogP contribution is 2.23. The SMILES string of the molecule is COc1ccc(S(=O)(=O)N(C)CC(=O)NN=Cc2cccc(Cl)c2)cc1C. The summed E-state index contributed by atoms with van der Waals surface area (Å²) in [5.74, 6) is 0.0225. The number of aryl methyl sites for hydroxylation is 1. The van der Waals surface area contributed by atoms with Gasteiger partial charge in [0.1, 0.15) is 5.75 Å². The Kier molecular flexibility index (Phi) is 6.95. The van der Waals surface area contributed by atoms with Gasteiger partial charge >= 0.3 is 0 Å². The highest BCUT2D eigenvalue weighted by molar-refractivity contribution is 7.89. The summed E-state index contributed by atoms with van der Waals surface area (Å²) < 4.78 is 31.3. The van der Waals surface area contributed by atoms with E-state index in [2.05, 4.69) is 10.5 Å². The average molecular weight is 410 g/mol. The molecule has 0 saturated heterocycles. The summed E-state index contributed by atoms with van der Waals surface area (Å²) in [5.41, 5.74) is 3.68. The second kappa shape index (κ2) is 8.98. The molecule has 1 amide bonds. The number of sulfonamides is 1. The minimum atomic E-state index is -3.82. The second-order valence-electron chi connectivity index (χ2n) is 5.74. The normalized spacial score (nSPS) is 11.7. The zero-order valence-electron chi connectivity index (χ0n) is 15.1. The van der Waals surface area contributed by atoms with Gasteiger partial charge in [0.2, 0.25) is 10.0 Å². The van der Waals surface area contributed by atoms with Crippen LogP contribution in [0.25, 0.3) is 0 Å². The number of hydrazone groups is 1. The van der Waals surface area contributed by atoms with Crippen LogP contribution in [0, 0.1) is 6.92 Å². The van der Waals surface area contributed by atoms with E-state index in [0.29, 0.717) is 21.9 Å². The highest BCUT2D eigenvalue weighted by atomic mass is 35.5. The Hall–Kier alpha value is -2.42. The third-order valence-corrected chi connectivity index (χ3v) is 5.73. The van der Waals surface area contributed by atoms with Gasteiger partial charge in [-0.1, -0.05) is 23.7 Å². The third kappa shape index (κ3) is 5.53. The molecule has 9 heteroatoms. The van der Waals surface area contributed by atoms with E-state index in [-0.39, 0.29) is 11.4 Å². The van der Waals surface area contributed by atoms with Crippen molar-refractivity contribution >= 4 is 33.7 Å². The molecule has 0 bridgehead atoms. The largest absolute Gasteiger partial charge is 0.496 e. The van der Waals surface area contributed by atoms with E-state index in [1.165, 1.54) is 32.5 Å². The van der Waals surface area contributed by atoms with Gasteiger partial charge in [0, 0.05) is 12.1 Å². The number of hydrogen-bond donors (Lipinski definition) is 1. The zero-order chi connectivity index (χ0) is 20.0. The van der Waals surface area contributed by atoms with Crippen molar-refractivity contribution in [1.29, 1.82) is 0 Å². The molecule has 0 heterocycles. The smallest absolute Gasteiger partial charge is 0.255 e. The Morgan fingerprint density at radius 1 is 1.30 bits per heavy atom. The van der Waals surface area contributed by atoms with Crippen LogP contribution in [0.2, 0.25) is 5.02 Å². The minimum Gasteiger partial charge on any atom is -0.496 e. The topological polar surface area (TPSA) is 88.1 Å². The van der Waals surface area contributed by atoms with Crippen molar-refractivity contribution in [2.75, 3.05) is 20.7 Å². The molecule has 144 valence electrons. The minimum absolute atomic E-state index is 0.0820. The van der Waals surface area contributed by atoms with Gasteiger partial charge in [0.15, 0.2) is 0 Å². The summed E-state index contributed by atoms with van der Waals surface area (Å²) in [4.78, 5) is 12.1. The maximum absolute atomic E-state index is 12.6. The molecule has 0 radical (unpaired) electrons. The summed E-state index contributed by atoms with van der Waals surface area (Å²) in [6.45, 7) is 1.37. The van der Waals surface area contributed by atoms with E-state index in [1.54, 1.807) is 37.3 Å². The Morgan fingerprint density at radius 3 is 2.67 bits per heavy atom. The number of ether oxygens (including phenoxy) is 1. The van der Waals surface area contributed by atoms with Crippen molar-refractivity contribution < 1.29 is 17.9 Å². The molecular weight excluding hydrogens is 390 g/mol. The molecule has 0 aliphatic heterocycles. The lowest BCUT2D eigenvalue weighted by atomic mass is 10.2. The van der Waals surface area contributed by atoms with Gasteiger partial charge in [-0.3, -0.25) is 4.79 Å². The standard InChI is InChI=1S/C18H20ClN3O4S/c1-13-9-16(7-8-17(13)26-3)27(24,25)22(2)12-18(23)21-20-11-14-5-4-6-15(19)10-14/h4-11H,12H2,1-3H3,(H,21,23). The molecule has 2 aromatic carbocycles. The molecule has 0 fully saturated rings. The highest BCUT2D eigenvalue weighted by Gasteiger charge is 2.23. The van der Waals surface area contributed by atoms with Crippen LogP contribution in [-0.2, 0) is 14.8 Å². The maximum Gasteiger partial charge on any atom is 0.255 e. The van der Waals surface area contributed by atoms with Gasteiger partial charge in [-0.2, -0.15) is 9.41 Å². The Balaban J connectivity index is 2.01. The van der Waals surface area contributed by atoms with Crippen LogP contribution in [0.4, 0.5) is 0 Å². The fraction of sp³-hybridized carbons (Fsp3) is 0.222. The third-order valence-electron chi connectivity index (χ3n) is 3.69. The van der Waals surface area contributed by atoms with Gasteiger partial charge in [-0.25, -0.2) is 13.8 Å². The Morgan fingerprint density at radius 2 is 2.04 bits per heavy atom. The van der Waals surface area contributed by atoms with Crippen molar-refractivity contribution in [2.45, 2.75) is 11.8 Å². The fourth-order valence-electron chi connectivity index (χ4n) is 2.28. The van der Waals surface area contributed by atoms with E-state index < -0.39 is 15.9 Å². The van der Waals surface area contributed by atoms with Gasteiger partial charge < -0.3 is 4.74 Å². The number of carbonyl (C=O) groups is 1. The van der Waals surface area contributed by atoms with E-state index in [9.17, 15) is 13.2 Å². The lowest BCUT2D eigenvalue weighted by Gasteiger charge is -2.17. The number of rotatable bonds is 7. The molecule has 2 rings (SSSR count). The number of carbonyl (C=O) groups excluding carboxylic acids is 1. The number of nitrogens with one attached hydrogen (secondary N) is 1. The van der Waals surface area contributed by atoms with Crippen LogP contribution in [0.3, 0.4) is 0 Å². The first kappa shape index (κ1) is 20.9. The quantitative estimate of drug-likeness (QED) is 0.562. The monoisotopic (exact) mass is 409 g/mol. The van der Waals surface area contributed by atoms with Gasteiger partial charge in [0.25, 0.3) is 5.91 Å². The van der Waals surface area contributed by atoms with Crippen LogP contribution in [0.1, 0.15) is 11.1 Å². The summed E-state index contributed by atoms with van der Waals surface area (Å²) in [6.07, 6.45) is 1.42. The Bertz CT molecular complexity index is 961. The molecule has 2 aromatic rings. The van der Waals surface area contributed by atoms with Crippen LogP contribution in [0.15, 0.2) is 52.5 Å². The molecule has 0 unspecified atom stereocenters. The van der Waals surface area contributed by atoms with Gasteiger partial charge in [0.05, 0.1) is 24.8 Å². The van der Waals surface area contributed by atoms with E-state index in [0.717, 1.165) is 4.31 Å². The fourth-order valence-corrected chi connectivity index (χ4v) is 3.69. The summed E-state index contributed by atoms with van der Waals surface area (Å²) in [5, 5.41) is 4.35. The molecule has 1 N–H and O–H groups in total. The number of hydrogen-bond acceptors (Lipinski definition) is 5. The van der Waals surface area contributed by atoms with Crippen molar-refractivity contribution in [3.8, 4) is 5.75 Å². The molecule has 0 aromatic heterocycles. The molecule has 0 saturated carbocycles. The van der Waals surface area contributed by atoms with Crippen LogP contribution < -0.4 is 10.2 Å². The Labute approximate surface area is 163 Å². The number of methoxy groups -OCH3 is 1. The van der Waals surface area contributed by atoms with Crippen molar-refractivity contribution in [1.82, 2.24) is 9.73 Å². The van der Waals surface area contributed by atoms with Crippen molar-refractivity contribution in [2.24, 2.45) is 5.10 Å². The molecule has 0 aliphatic rings. The van der Waals surface area contributed by atoms with E-state index in [1.807, 2.05) is 0 Å². The number of halogens is 1. The van der Waals surface area contributed by atoms with Gasteiger partial charge in [-0.15, -0.1) is 0 Å². The number of benzene rings is 2. The van der Waals surface area contributed by atoms with Crippen LogP contribution in [-0.4, -0.2) is 45.5 Å². The summed E-state index contributed by atoms with van der Waals surface area (Å²) in [6, 6.07) is 11.4. The first-order valence-corrected chi connectivity index (χ1v) is 9.74. The van der Waals surface area contributed by atoms with Crippen LogP contribution in [0.5, 0.6) is 5.75 Å². The predicted octanol–water partition coefficient (Wildman–Crippen LogP) is 2.43. The zero-order valence-corrected chi connectivity index (χ0v) is 16.7. The molecule has 27 heavy (non-hydrogen) atoms. The first-order valence-electron chi connectivity index (χ1n) is 7.92.